The lowest BCUT2D eigenvalue weighted by molar-refractivity contribution is 0.660. The first-order valence-corrected chi connectivity index (χ1v) is 22.2. The zero-order valence-electron chi connectivity index (χ0n) is 35.9. The van der Waals surface area contributed by atoms with Crippen LogP contribution in [-0.4, -0.2) is 4.57 Å². The molecule has 0 unspecified atom stereocenters. The van der Waals surface area contributed by atoms with Crippen LogP contribution in [0.2, 0.25) is 0 Å². The van der Waals surface area contributed by atoms with Gasteiger partial charge in [-0.2, -0.15) is 0 Å². The van der Waals surface area contributed by atoms with Crippen LogP contribution < -0.4 is 9.80 Å². The Balaban J connectivity index is 1.12. The Morgan fingerprint density at radius 2 is 0.859 bits per heavy atom. The Morgan fingerprint density at radius 1 is 0.344 bits per heavy atom. The molecule has 1 aliphatic rings. The standard InChI is InChI=1S/C61H45N3/c1-61(2)54-33-19-17-30-50(54)51-36-35-47(41-55(51)61)63(45-25-11-5-12-26-45)57-38-37-48(49-29-15-16-31-52(49)57)42-39-58(62(43-21-7-3-8-22-43)44-23-9-4-10-24-44)60-53-32-18-20-34-56(53)64(59(60)40-42)46-27-13-6-14-28-46/h3-41H,1-2H3. The molecule has 1 aromatic heterocycles. The van der Waals surface area contributed by atoms with E-state index in [1.165, 1.54) is 54.9 Å². The highest BCUT2D eigenvalue weighted by Crippen LogP contribution is 2.52. The number of hydrogen-bond donors (Lipinski definition) is 0. The second-order valence-electron chi connectivity index (χ2n) is 17.3. The number of nitrogens with zero attached hydrogens (tertiary/aromatic N) is 3. The molecule has 304 valence electrons. The molecule has 0 N–H and O–H groups in total. The van der Waals surface area contributed by atoms with Crippen LogP contribution in [0.25, 0.3) is 60.5 Å². The molecular formula is C61H45N3. The zero-order chi connectivity index (χ0) is 42.8. The fraction of sp³-hybridized carbons (Fsp3) is 0.0492. The molecule has 12 rings (SSSR count). The van der Waals surface area contributed by atoms with Gasteiger partial charge >= 0.3 is 0 Å². The molecule has 0 aliphatic heterocycles. The minimum atomic E-state index is -0.123. The summed E-state index contributed by atoms with van der Waals surface area (Å²) in [5, 5.41) is 4.78. The van der Waals surface area contributed by atoms with E-state index in [0.717, 1.165) is 50.9 Å². The molecule has 0 atom stereocenters. The van der Waals surface area contributed by atoms with E-state index in [1.807, 2.05) is 0 Å². The molecule has 0 fully saturated rings. The van der Waals surface area contributed by atoms with Crippen LogP contribution >= 0.6 is 0 Å². The van der Waals surface area contributed by atoms with Crippen molar-refractivity contribution in [1.82, 2.24) is 4.57 Å². The van der Waals surface area contributed by atoms with Crippen LogP contribution in [0.3, 0.4) is 0 Å². The molecule has 0 saturated carbocycles. The molecule has 64 heavy (non-hydrogen) atoms. The van der Waals surface area contributed by atoms with Gasteiger partial charge in [0.2, 0.25) is 0 Å². The maximum absolute atomic E-state index is 2.44. The Labute approximate surface area is 374 Å². The number of hydrogen-bond acceptors (Lipinski definition) is 2. The summed E-state index contributed by atoms with van der Waals surface area (Å²) in [6, 6.07) is 86.4. The second-order valence-corrected chi connectivity index (χ2v) is 17.3. The molecule has 0 bridgehead atoms. The van der Waals surface area contributed by atoms with E-state index in [-0.39, 0.29) is 5.41 Å². The molecule has 1 aliphatic carbocycles. The smallest absolute Gasteiger partial charge is 0.0568 e. The van der Waals surface area contributed by atoms with Gasteiger partial charge in [-0.05, 0) is 124 Å². The minimum Gasteiger partial charge on any atom is -0.310 e. The van der Waals surface area contributed by atoms with Crippen LogP contribution in [0.1, 0.15) is 25.0 Å². The Morgan fingerprint density at radius 3 is 1.53 bits per heavy atom. The van der Waals surface area contributed by atoms with Crippen molar-refractivity contribution in [2.24, 2.45) is 0 Å². The van der Waals surface area contributed by atoms with Crippen molar-refractivity contribution < 1.29 is 0 Å². The highest BCUT2D eigenvalue weighted by Gasteiger charge is 2.36. The molecule has 11 aromatic rings. The number of anilines is 6. The first-order chi connectivity index (χ1) is 31.5. The summed E-state index contributed by atoms with van der Waals surface area (Å²) < 4.78 is 2.44. The third-order valence-corrected chi connectivity index (χ3v) is 13.3. The van der Waals surface area contributed by atoms with Crippen LogP contribution in [-0.2, 0) is 5.41 Å². The van der Waals surface area contributed by atoms with Crippen molar-refractivity contribution >= 4 is 66.7 Å². The van der Waals surface area contributed by atoms with E-state index >= 15 is 0 Å². The van der Waals surface area contributed by atoms with E-state index in [9.17, 15) is 0 Å². The molecule has 0 spiro atoms. The Kier molecular flexibility index (Phi) is 8.84. The molecule has 3 nitrogen and oxygen atoms in total. The lowest BCUT2D eigenvalue weighted by atomic mass is 9.82. The SMILES string of the molecule is CC1(C)c2ccccc2-c2ccc(N(c3ccccc3)c3ccc(-c4cc(N(c5ccccc5)c5ccccc5)c5c6ccccc6n(-c6ccccc6)c5c4)c4ccccc34)cc21. The second kappa shape index (κ2) is 15.0. The van der Waals surface area contributed by atoms with Crippen LogP contribution in [0, 0.1) is 0 Å². The highest BCUT2D eigenvalue weighted by atomic mass is 15.2. The topological polar surface area (TPSA) is 11.4 Å². The van der Waals surface area contributed by atoms with Crippen molar-refractivity contribution in [1.29, 1.82) is 0 Å². The van der Waals surface area contributed by atoms with Gasteiger partial charge in [0.05, 0.1) is 22.4 Å². The van der Waals surface area contributed by atoms with Crippen LogP contribution in [0.15, 0.2) is 237 Å². The van der Waals surface area contributed by atoms with E-state index in [4.69, 9.17) is 0 Å². The number of rotatable bonds is 8. The number of para-hydroxylation sites is 5. The maximum Gasteiger partial charge on any atom is 0.0568 e. The van der Waals surface area contributed by atoms with Gasteiger partial charge < -0.3 is 14.4 Å². The predicted octanol–water partition coefficient (Wildman–Crippen LogP) is 16.8. The monoisotopic (exact) mass is 819 g/mol. The Hall–Kier alpha value is -8.14. The number of aromatic nitrogens is 1. The molecule has 3 heteroatoms. The van der Waals surface area contributed by atoms with Crippen molar-refractivity contribution in [3.63, 3.8) is 0 Å². The van der Waals surface area contributed by atoms with Crippen LogP contribution in [0.4, 0.5) is 34.1 Å². The zero-order valence-corrected chi connectivity index (χ0v) is 35.9. The lowest BCUT2D eigenvalue weighted by Gasteiger charge is -2.30. The summed E-state index contributed by atoms with van der Waals surface area (Å²) in [6.07, 6.45) is 0. The van der Waals surface area contributed by atoms with E-state index in [1.54, 1.807) is 0 Å². The highest BCUT2D eigenvalue weighted by molar-refractivity contribution is 6.19. The summed E-state index contributed by atoms with van der Waals surface area (Å²) in [5.41, 5.74) is 17.7. The normalized spacial score (nSPS) is 12.7. The van der Waals surface area contributed by atoms with Crippen molar-refractivity contribution in [2.45, 2.75) is 19.3 Å². The van der Waals surface area contributed by atoms with Gasteiger partial charge in [0.15, 0.2) is 0 Å². The summed E-state index contributed by atoms with van der Waals surface area (Å²) in [4.78, 5) is 4.87. The fourth-order valence-corrected chi connectivity index (χ4v) is 10.4. The maximum atomic E-state index is 2.44. The van der Waals surface area contributed by atoms with Crippen LogP contribution in [0.5, 0.6) is 0 Å². The molecule has 0 saturated heterocycles. The number of fused-ring (bicyclic) bond motifs is 7. The van der Waals surface area contributed by atoms with E-state index in [2.05, 4.69) is 265 Å². The van der Waals surface area contributed by atoms with Gasteiger partial charge in [0.25, 0.3) is 0 Å². The summed E-state index contributed by atoms with van der Waals surface area (Å²) >= 11 is 0. The molecule has 0 radical (unpaired) electrons. The molecule has 1 heterocycles. The first kappa shape index (κ1) is 37.6. The summed E-state index contributed by atoms with van der Waals surface area (Å²) in [5.74, 6) is 0. The van der Waals surface area contributed by atoms with Gasteiger partial charge in [-0.25, -0.2) is 0 Å². The first-order valence-electron chi connectivity index (χ1n) is 22.2. The van der Waals surface area contributed by atoms with E-state index in [0.29, 0.717) is 0 Å². The van der Waals surface area contributed by atoms with Gasteiger partial charge in [0, 0.05) is 50.0 Å². The predicted molar refractivity (Wildman–Crippen MR) is 271 cm³/mol. The molecule has 10 aromatic carbocycles. The average Bonchev–Trinajstić information content (AvgIpc) is 3.81. The van der Waals surface area contributed by atoms with Crippen molar-refractivity contribution in [3.8, 4) is 27.9 Å². The minimum absolute atomic E-state index is 0.123. The summed E-state index contributed by atoms with van der Waals surface area (Å²) in [7, 11) is 0. The van der Waals surface area contributed by atoms with Gasteiger partial charge in [-0.15, -0.1) is 0 Å². The Bertz CT molecular complexity index is 3480. The number of benzene rings is 10. The van der Waals surface area contributed by atoms with E-state index < -0.39 is 0 Å². The van der Waals surface area contributed by atoms with Crippen molar-refractivity contribution in [2.75, 3.05) is 9.80 Å². The quantitative estimate of drug-likeness (QED) is 0.151. The molecular weight excluding hydrogens is 775 g/mol. The average molecular weight is 820 g/mol. The summed E-state index contributed by atoms with van der Waals surface area (Å²) in [6.45, 7) is 4.72. The third-order valence-electron chi connectivity index (χ3n) is 13.3. The van der Waals surface area contributed by atoms with Gasteiger partial charge in [-0.3, -0.25) is 0 Å². The third kappa shape index (κ3) is 5.96. The van der Waals surface area contributed by atoms with Gasteiger partial charge in [0.1, 0.15) is 0 Å². The molecule has 0 amide bonds. The fourth-order valence-electron chi connectivity index (χ4n) is 10.4. The van der Waals surface area contributed by atoms with Crippen molar-refractivity contribution in [3.05, 3.63) is 248 Å². The lowest BCUT2D eigenvalue weighted by Crippen LogP contribution is -2.16. The van der Waals surface area contributed by atoms with Gasteiger partial charge in [-0.1, -0.05) is 166 Å². The largest absolute Gasteiger partial charge is 0.310 e.